The van der Waals surface area contributed by atoms with Crippen molar-refractivity contribution in [2.75, 3.05) is 33.2 Å². The fourth-order valence-corrected chi connectivity index (χ4v) is 3.98. The number of ketones is 1. The fourth-order valence-electron chi connectivity index (χ4n) is 3.98. The number of hydrogen-bond acceptors (Lipinski definition) is 5. The van der Waals surface area contributed by atoms with Crippen molar-refractivity contribution < 1.29 is 9.18 Å². The minimum atomic E-state index is -0.507. The number of rotatable bonds is 2. The van der Waals surface area contributed by atoms with Gasteiger partial charge in [-0.25, -0.2) is 9.37 Å². The van der Waals surface area contributed by atoms with Gasteiger partial charge in [0.1, 0.15) is 5.82 Å². The average molecular weight is 439 g/mol. The summed E-state index contributed by atoms with van der Waals surface area (Å²) in [7, 11) is 2.12. The summed E-state index contributed by atoms with van der Waals surface area (Å²) in [4.78, 5) is 34.8. The highest BCUT2D eigenvalue weighted by molar-refractivity contribution is 6.13. The van der Waals surface area contributed by atoms with E-state index in [1.165, 1.54) is 16.7 Å². The van der Waals surface area contributed by atoms with Crippen molar-refractivity contribution in [3.8, 4) is 5.69 Å². The molecule has 3 aromatic rings. The summed E-state index contributed by atoms with van der Waals surface area (Å²) in [5, 5.41) is 0.473. The number of halogens is 1. The Labute approximate surface area is 188 Å². The predicted molar refractivity (Wildman–Crippen MR) is 126 cm³/mol. The van der Waals surface area contributed by atoms with E-state index in [1.807, 2.05) is 39.8 Å². The molecule has 1 fully saturated rings. The van der Waals surface area contributed by atoms with Crippen LogP contribution in [0.5, 0.6) is 0 Å². The fraction of sp³-hybridized carbons (Fsp3) is 0.400. The van der Waals surface area contributed by atoms with Crippen molar-refractivity contribution in [3.63, 3.8) is 0 Å². The predicted octanol–water partition coefficient (Wildman–Crippen LogP) is 3.87. The van der Waals surface area contributed by atoms with Crippen molar-refractivity contribution in [2.45, 2.75) is 34.2 Å². The van der Waals surface area contributed by atoms with E-state index in [1.54, 1.807) is 6.07 Å². The van der Waals surface area contributed by atoms with Gasteiger partial charge in [0.05, 0.1) is 22.2 Å². The SMILES string of the molecule is CC.CC.CN1CCN(Cc2ccc3nc4n(c(=O)c3c2)-c2ccc(F)cc2C4=O)CC1. The number of carbonyl (C=O) groups excluding carboxylic acids is 1. The van der Waals surface area contributed by atoms with E-state index < -0.39 is 11.6 Å². The summed E-state index contributed by atoms with van der Waals surface area (Å²) in [5.74, 6) is -0.882. The molecule has 1 saturated heterocycles. The molecule has 0 aliphatic carbocycles. The van der Waals surface area contributed by atoms with Crippen LogP contribution in [0.1, 0.15) is 49.4 Å². The zero-order chi connectivity index (χ0) is 23.4. The molecule has 2 aromatic carbocycles. The Kier molecular flexibility index (Phi) is 7.53. The van der Waals surface area contributed by atoms with Crippen LogP contribution in [-0.2, 0) is 6.54 Å². The Morgan fingerprint density at radius 2 is 1.62 bits per heavy atom. The van der Waals surface area contributed by atoms with E-state index in [9.17, 15) is 14.0 Å². The summed E-state index contributed by atoms with van der Waals surface area (Å²) in [5.41, 5.74) is 1.81. The number of hydrogen-bond donors (Lipinski definition) is 0. The van der Waals surface area contributed by atoms with E-state index in [0.29, 0.717) is 16.6 Å². The summed E-state index contributed by atoms with van der Waals surface area (Å²) >= 11 is 0. The first-order valence-corrected chi connectivity index (χ1v) is 11.3. The van der Waals surface area contributed by atoms with E-state index in [4.69, 9.17) is 0 Å². The van der Waals surface area contributed by atoms with E-state index in [2.05, 4.69) is 21.8 Å². The zero-order valence-electron chi connectivity index (χ0n) is 19.5. The second kappa shape index (κ2) is 10.1. The number of benzene rings is 2. The number of piperazine rings is 1. The molecule has 7 heteroatoms. The highest BCUT2D eigenvalue weighted by Gasteiger charge is 2.30. The third kappa shape index (κ3) is 4.36. The monoisotopic (exact) mass is 438 g/mol. The van der Waals surface area contributed by atoms with Crippen molar-refractivity contribution in [1.82, 2.24) is 19.4 Å². The molecule has 0 amide bonds. The second-order valence-corrected chi connectivity index (χ2v) is 7.50. The third-order valence-corrected chi connectivity index (χ3v) is 5.58. The molecule has 0 atom stereocenters. The number of carbonyl (C=O) groups is 1. The Morgan fingerprint density at radius 1 is 0.938 bits per heavy atom. The zero-order valence-corrected chi connectivity index (χ0v) is 19.5. The lowest BCUT2D eigenvalue weighted by molar-refractivity contribution is 0.103. The smallest absolute Gasteiger partial charge is 0.266 e. The van der Waals surface area contributed by atoms with Crippen LogP contribution < -0.4 is 5.56 Å². The second-order valence-electron chi connectivity index (χ2n) is 7.50. The molecule has 6 nitrogen and oxygen atoms in total. The maximum atomic E-state index is 13.6. The molecule has 0 unspecified atom stereocenters. The molecule has 1 aromatic heterocycles. The summed E-state index contributed by atoms with van der Waals surface area (Å²) in [6.07, 6.45) is 0. The van der Waals surface area contributed by atoms with E-state index >= 15 is 0 Å². The van der Waals surface area contributed by atoms with Gasteiger partial charge in [0.2, 0.25) is 5.78 Å². The van der Waals surface area contributed by atoms with Gasteiger partial charge in [-0.3, -0.25) is 19.1 Å². The molecule has 170 valence electrons. The first-order chi connectivity index (χ1) is 15.5. The van der Waals surface area contributed by atoms with Gasteiger partial charge < -0.3 is 4.90 Å². The number of likely N-dealkylation sites (N-methyl/N-ethyl adjacent to an activating group) is 1. The van der Waals surface area contributed by atoms with Crippen molar-refractivity contribution >= 4 is 16.7 Å². The van der Waals surface area contributed by atoms with Gasteiger partial charge in [-0.1, -0.05) is 33.8 Å². The van der Waals surface area contributed by atoms with Crippen molar-refractivity contribution in [1.29, 1.82) is 0 Å². The Balaban J connectivity index is 0.000000686. The summed E-state index contributed by atoms with van der Waals surface area (Å²) in [6, 6.07) is 9.48. The number of aromatic nitrogens is 2. The lowest BCUT2D eigenvalue weighted by Crippen LogP contribution is -2.43. The van der Waals surface area contributed by atoms with E-state index in [0.717, 1.165) is 44.4 Å². The van der Waals surface area contributed by atoms with E-state index in [-0.39, 0.29) is 16.9 Å². The summed E-state index contributed by atoms with van der Waals surface area (Å²) < 4.78 is 14.9. The minimum absolute atomic E-state index is 0.0462. The molecule has 2 aliphatic rings. The van der Waals surface area contributed by atoms with Crippen LogP contribution in [0.2, 0.25) is 0 Å². The van der Waals surface area contributed by atoms with Crippen LogP contribution in [0, 0.1) is 5.82 Å². The molecule has 0 spiro atoms. The quantitative estimate of drug-likeness (QED) is 0.476. The molecule has 2 aliphatic heterocycles. The Morgan fingerprint density at radius 3 is 2.31 bits per heavy atom. The highest BCUT2D eigenvalue weighted by Crippen LogP contribution is 2.27. The molecule has 0 bridgehead atoms. The van der Waals surface area contributed by atoms with Gasteiger partial charge in [0.15, 0.2) is 5.82 Å². The van der Waals surface area contributed by atoms with Gasteiger partial charge >= 0.3 is 0 Å². The maximum absolute atomic E-state index is 13.6. The van der Waals surface area contributed by atoms with Gasteiger partial charge in [0.25, 0.3) is 5.56 Å². The molecular weight excluding hydrogens is 407 g/mol. The van der Waals surface area contributed by atoms with Gasteiger partial charge in [-0.05, 0) is 42.9 Å². The standard InChI is InChI=1S/C21H19FN4O2.2C2H6/c1-24-6-8-25(9-7-24)12-13-2-4-17-15(10-13)21(28)26-18-5-3-14(22)11-16(18)19(27)20(26)23-17;2*1-2/h2-5,10-11H,6-9,12H2,1H3;2*1-2H3. The Bertz CT molecular complexity index is 1180. The van der Waals surface area contributed by atoms with Gasteiger partial charge in [0, 0.05) is 32.7 Å². The van der Waals surface area contributed by atoms with Crippen LogP contribution >= 0.6 is 0 Å². The Hall–Kier alpha value is -2.90. The van der Waals surface area contributed by atoms with Crippen LogP contribution in [-0.4, -0.2) is 58.4 Å². The molecule has 0 saturated carbocycles. The highest BCUT2D eigenvalue weighted by atomic mass is 19.1. The number of nitrogens with zero attached hydrogens (tertiary/aromatic N) is 4. The minimum Gasteiger partial charge on any atom is -0.304 e. The third-order valence-electron chi connectivity index (χ3n) is 5.58. The molecule has 0 radical (unpaired) electrons. The van der Waals surface area contributed by atoms with Crippen molar-refractivity contribution in [3.05, 3.63) is 69.5 Å². The van der Waals surface area contributed by atoms with Gasteiger partial charge in [-0.2, -0.15) is 0 Å². The van der Waals surface area contributed by atoms with Gasteiger partial charge in [-0.15, -0.1) is 0 Å². The topological polar surface area (TPSA) is 58.4 Å². The molecule has 32 heavy (non-hydrogen) atoms. The lowest BCUT2D eigenvalue weighted by atomic mass is 10.1. The van der Waals surface area contributed by atoms with Crippen LogP contribution in [0.25, 0.3) is 16.6 Å². The lowest BCUT2D eigenvalue weighted by Gasteiger charge is -2.32. The van der Waals surface area contributed by atoms with Crippen LogP contribution in [0.15, 0.2) is 41.2 Å². The molecule has 0 N–H and O–H groups in total. The van der Waals surface area contributed by atoms with Crippen LogP contribution in [0.4, 0.5) is 4.39 Å². The first-order valence-electron chi connectivity index (χ1n) is 11.3. The first kappa shape index (κ1) is 23.8. The number of fused-ring (bicyclic) bond motifs is 4. The van der Waals surface area contributed by atoms with Crippen molar-refractivity contribution in [2.24, 2.45) is 0 Å². The maximum Gasteiger partial charge on any atom is 0.266 e. The normalized spacial score (nSPS) is 15.4. The average Bonchev–Trinajstić information content (AvgIpc) is 3.10. The molecule has 3 heterocycles. The molecular formula is C25H31FN4O2. The summed E-state index contributed by atoms with van der Waals surface area (Å²) in [6.45, 7) is 12.8. The van der Waals surface area contributed by atoms with Crippen LogP contribution in [0.3, 0.4) is 0 Å². The largest absolute Gasteiger partial charge is 0.304 e. The molecule has 5 rings (SSSR count).